The first-order valence-corrected chi connectivity index (χ1v) is 7.85. The van der Waals surface area contributed by atoms with Crippen molar-refractivity contribution in [2.45, 2.75) is 45.7 Å². The Bertz CT molecular complexity index is 541. The summed E-state index contributed by atoms with van der Waals surface area (Å²) < 4.78 is 0. The summed E-state index contributed by atoms with van der Waals surface area (Å²) in [4.78, 5) is 25.6. The molecule has 0 bridgehead atoms. The maximum Gasteiger partial charge on any atom is 0.240 e. The number of benzene rings is 1. The highest BCUT2D eigenvalue weighted by atomic mass is 16.2. The lowest BCUT2D eigenvalue weighted by Crippen LogP contribution is -2.62. The number of amides is 2. The second kappa shape index (κ2) is 6.92. The molecule has 5 nitrogen and oxygen atoms in total. The van der Waals surface area contributed by atoms with Crippen molar-refractivity contribution >= 4 is 17.5 Å². The maximum atomic E-state index is 12.3. The van der Waals surface area contributed by atoms with Gasteiger partial charge in [0.25, 0.3) is 0 Å². The molecule has 5 heteroatoms. The third kappa shape index (κ3) is 3.65. The van der Waals surface area contributed by atoms with Gasteiger partial charge in [-0.3, -0.25) is 14.5 Å². The molecular formula is C17H25N3O2. The largest absolute Gasteiger partial charge is 0.353 e. The van der Waals surface area contributed by atoms with E-state index >= 15 is 0 Å². The van der Waals surface area contributed by atoms with Crippen LogP contribution in [-0.4, -0.2) is 35.3 Å². The number of rotatable bonds is 5. The van der Waals surface area contributed by atoms with Crippen molar-refractivity contribution in [2.75, 3.05) is 18.4 Å². The van der Waals surface area contributed by atoms with E-state index in [-0.39, 0.29) is 11.8 Å². The third-order valence-corrected chi connectivity index (χ3v) is 4.24. The van der Waals surface area contributed by atoms with Gasteiger partial charge in [-0.25, -0.2) is 0 Å². The van der Waals surface area contributed by atoms with Gasteiger partial charge < -0.3 is 10.6 Å². The SMILES string of the molecule is CCCC1(C)C(=O)NCCN1Cc1ccc(NC(C)=O)cc1. The van der Waals surface area contributed by atoms with Crippen molar-refractivity contribution in [2.24, 2.45) is 0 Å². The highest BCUT2D eigenvalue weighted by molar-refractivity contribution is 5.88. The molecule has 0 spiro atoms. The smallest absolute Gasteiger partial charge is 0.240 e. The predicted octanol–water partition coefficient (Wildman–Crippen LogP) is 2.14. The van der Waals surface area contributed by atoms with Gasteiger partial charge >= 0.3 is 0 Å². The Morgan fingerprint density at radius 3 is 2.64 bits per heavy atom. The predicted molar refractivity (Wildman–Crippen MR) is 87.5 cm³/mol. The van der Waals surface area contributed by atoms with E-state index in [2.05, 4.69) is 22.5 Å². The second-order valence-corrected chi connectivity index (χ2v) is 6.08. The molecule has 0 aliphatic carbocycles. The lowest BCUT2D eigenvalue weighted by molar-refractivity contribution is -0.137. The molecule has 1 aliphatic heterocycles. The fourth-order valence-electron chi connectivity index (χ4n) is 3.01. The van der Waals surface area contributed by atoms with E-state index in [1.165, 1.54) is 6.92 Å². The van der Waals surface area contributed by atoms with Crippen molar-refractivity contribution in [1.82, 2.24) is 10.2 Å². The number of piperazine rings is 1. The van der Waals surface area contributed by atoms with Crippen molar-refractivity contribution in [3.63, 3.8) is 0 Å². The zero-order valence-electron chi connectivity index (χ0n) is 13.6. The number of hydrogen-bond acceptors (Lipinski definition) is 3. The van der Waals surface area contributed by atoms with Crippen LogP contribution in [0, 0.1) is 0 Å². The van der Waals surface area contributed by atoms with E-state index in [0.29, 0.717) is 6.54 Å². The first kappa shape index (κ1) is 16.5. The molecule has 2 amide bonds. The van der Waals surface area contributed by atoms with Gasteiger partial charge in [0.1, 0.15) is 0 Å². The summed E-state index contributed by atoms with van der Waals surface area (Å²) in [6, 6.07) is 7.81. The molecule has 1 atom stereocenters. The molecule has 1 saturated heterocycles. The second-order valence-electron chi connectivity index (χ2n) is 6.08. The zero-order valence-corrected chi connectivity index (χ0v) is 13.6. The van der Waals surface area contributed by atoms with Crippen LogP contribution in [0.4, 0.5) is 5.69 Å². The molecule has 2 N–H and O–H groups in total. The number of carbonyl (C=O) groups excluding carboxylic acids is 2. The Morgan fingerprint density at radius 2 is 2.05 bits per heavy atom. The fourth-order valence-corrected chi connectivity index (χ4v) is 3.01. The van der Waals surface area contributed by atoms with Crippen LogP contribution in [0.15, 0.2) is 24.3 Å². The quantitative estimate of drug-likeness (QED) is 0.876. The molecule has 2 rings (SSSR count). The zero-order chi connectivity index (χ0) is 16.2. The summed E-state index contributed by atoms with van der Waals surface area (Å²) in [6.45, 7) is 7.92. The Kier molecular flexibility index (Phi) is 5.19. The maximum absolute atomic E-state index is 12.3. The lowest BCUT2D eigenvalue weighted by Gasteiger charge is -2.43. The van der Waals surface area contributed by atoms with Crippen LogP contribution < -0.4 is 10.6 Å². The number of carbonyl (C=O) groups is 2. The van der Waals surface area contributed by atoms with Gasteiger partial charge in [0.15, 0.2) is 0 Å². The van der Waals surface area contributed by atoms with Gasteiger partial charge in [0.05, 0.1) is 5.54 Å². The molecule has 1 fully saturated rings. The van der Waals surface area contributed by atoms with E-state index in [9.17, 15) is 9.59 Å². The van der Waals surface area contributed by atoms with Crippen LogP contribution in [-0.2, 0) is 16.1 Å². The standard InChI is InChI=1S/C17H25N3O2/c1-4-9-17(3)16(22)18-10-11-20(17)12-14-5-7-15(8-6-14)19-13(2)21/h5-8H,4,9-12H2,1-3H3,(H,18,22)(H,19,21). The van der Waals surface area contributed by atoms with Crippen LogP contribution in [0.1, 0.15) is 39.2 Å². The van der Waals surface area contributed by atoms with Crippen LogP contribution in [0.5, 0.6) is 0 Å². The minimum atomic E-state index is -0.441. The molecule has 1 aliphatic rings. The Morgan fingerprint density at radius 1 is 1.36 bits per heavy atom. The summed E-state index contributed by atoms with van der Waals surface area (Å²) in [7, 11) is 0. The van der Waals surface area contributed by atoms with Crippen molar-refractivity contribution < 1.29 is 9.59 Å². The van der Waals surface area contributed by atoms with Gasteiger partial charge in [-0.2, -0.15) is 0 Å². The fraction of sp³-hybridized carbons (Fsp3) is 0.529. The minimum Gasteiger partial charge on any atom is -0.353 e. The van der Waals surface area contributed by atoms with E-state index in [1.54, 1.807) is 0 Å². The van der Waals surface area contributed by atoms with E-state index in [4.69, 9.17) is 0 Å². The van der Waals surface area contributed by atoms with Crippen LogP contribution in [0.2, 0.25) is 0 Å². The first-order chi connectivity index (χ1) is 10.5. The monoisotopic (exact) mass is 303 g/mol. The number of anilines is 1. The Balaban J connectivity index is 2.10. The molecule has 22 heavy (non-hydrogen) atoms. The first-order valence-electron chi connectivity index (χ1n) is 7.85. The van der Waals surface area contributed by atoms with Gasteiger partial charge in [0, 0.05) is 32.2 Å². The summed E-state index contributed by atoms with van der Waals surface area (Å²) in [5.74, 6) is 0.0476. The summed E-state index contributed by atoms with van der Waals surface area (Å²) in [5, 5.41) is 5.74. The van der Waals surface area contributed by atoms with Crippen LogP contribution in [0.25, 0.3) is 0 Å². The van der Waals surface area contributed by atoms with Crippen molar-refractivity contribution in [3.8, 4) is 0 Å². The Hall–Kier alpha value is -1.88. The minimum absolute atomic E-state index is 0.0732. The molecule has 1 aromatic carbocycles. The molecule has 120 valence electrons. The molecular weight excluding hydrogens is 278 g/mol. The molecule has 0 aromatic heterocycles. The molecule has 1 aromatic rings. The van der Waals surface area contributed by atoms with Crippen LogP contribution >= 0.6 is 0 Å². The number of nitrogens with zero attached hydrogens (tertiary/aromatic N) is 1. The average molecular weight is 303 g/mol. The molecule has 0 radical (unpaired) electrons. The topological polar surface area (TPSA) is 61.4 Å². The highest BCUT2D eigenvalue weighted by Crippen LogP contribution is 2.26. The van der Waals surface area contributed by atoms with E-state index < -0.39 is 5.54 Å². The summed E-state index contributed by atoms with van der Waals surface area (Å²) in [6.07, 6.45) is 1.82. The van der Waals surface area contributed by atoms with Gasteiger partial charge in [-0.15, -0.1) is 0 Å². The molecule has 1 heterocycles. The number of nitrogens with one attached hydrogen (secondary N) is 2. The van der Waals surface area contributed by atoms with Crippen molar-refractivity contribution in [1.29, 1.82) is 0 Å². The third-order valence-electron chi connectivity index (χ3n) is 4.24. The Labute approximate surface area is 132 Å². The van der Waals surface area contributed by atoms with E-state index in [0.717, 1.165) is 37.2 Å². The highest BCUT2D eigenvalue weighted by Gasteiger charge is 2.40. The summed E-state index contributed by atoms with van der Waals surface area (Å²) in [5.41, 5.74) is 1.50. The van der Waals surface area contributed by atoms with Crippen LogP contribution in [0.3, 0.4) is 0 Å². The average Bonchev–Trinajstić information content (AvgIpc) is 2.46. The van der Waals surface area contributed by atoms with Gasteiger partial charge in [-0.1, -0.05) is 25.5 Å². The van der Waals surface area contributed by atoms with Crippen molar-refractivity contribution in [3.05, 3.63) is 29.8 Å². The lowest BCUT2D eigenvalue weighted by atomic mass is 9.90. The molecule has 1 unspecified atom stereocenters. The number of hydrogen-bond donors (Lipinski definition) is 2. The van der Waals surface area contributed by atoms with E-state index in [1.807, 2.05) is 31.2 Å². The van der Waals surface area contributed by atoms with Gasteiger partial charge in [0.2, 0.25) is 11.8 Å². The van der Waals surface area contributed by atoms with Gasteiger partial charge in [-0.05, 0) is 31.0 Å². The molecule has 0 saturated carbocycles. The normalized spacial score (nSPS) is 22.2. The summed E-state index contributed by atoms with van der Waals surface area (Å²) >= 11 is 0.